The molecule has 0 saturated heterocycles. The molecule has 0 radical (unpaired) electrons. The minimum absolute atomic E-state index is 0.130. The van der Waals surface area contributed by atoms with E-state index >= 15 is 0 Å². The molecule has 2 rings (SSSR count). The van der Waals surface area contributed by atoms with Gasteiger partial charge in [-0.2, -0.15) is 0 Å². The second kappa shape index (κ2) is 8.62. The fourth-order valence-electron chi connectivity index (χ4n) is 2.07. The molecule has 5 nitrogen and oxygen atoms in total. The van der Waals surface area contributed by atoms with E-state index in [0.717, 1.165) is 5.56 Å². The van der Waals surface area contributed by atoms with Crippen LogP contribution in [0, 0.1) is 6.92 Å². The number of hydrogen-bond acceptors (Lipinski definition) is 4. The first-order valence-electron chi connectivity index (χ1n) is 7.54. The summed E-state index contributed by atoms with van der Waals surface area (Å²) in [5.74, 6) is 1.41. The molecule has 0 aliphatic heterocycles. The third kappa shape index (κ3) is 4.78. The number of amides is 1. The van der Waals surface area contributed by atoms with Crippen LogP contribution in [0.2, 0.25) is 0 Å². The van der Waals surface area contributed by atoms with Crippen LogP contribution in [-0.4, -0.2) is 26.2 Å². The first-order valence-corrected chi connectivity index (χ1v) is 7.54. The zero-order chi connectivity index (χ0) is 17.4. The van der Waals surface area contributed by atoms with Gasteiger partial charge < -0.3 is 19.5 Å². The number of anilines is 1. The number of carbonyl (C=O) groups is 1. The molecular weight excluding hydrogens is 306 g/mol. The van der Waals surface area contributed by atoms with Crippen LogP contribution >= 0.6 is 0 Å². The predicted molar refractivity (Wildman–Crippen MR) is 94.0 cm³/mol. The molecule has 1 N–H and O–H groups in total. The quantitative estimate of drug-likeness (QED) is 0.753. The van der Waals surface area contributed by atoms with Gasteiger partial charge in [-0.25, -0.2) is 0 Å². The Morgan fingerprint density at radius 3 is 2.67 bits per heavy atom. The van der Waals surface area contributed by atoms with E-state index in [1.807, 2.05) is 31.2 Å². The smallest absolute Gasteiger partial charge is 0.262 e. The van der Waals surface area contributed by atoms with Crippen molar-refractivity contribution in [3.05, 3.63) is 60.7 Å². The summed E-state index contributed by atoms with van der Waals surface area (Å²) in [7, 11) is 1.56. The average molecular weight is 327 g/mol. The van der Waals surface area contributed by atoms with E-state index in [-0.39, 0.29) is 12.5 Å². The number of nitrogens with one attached hydrogen (secondary N) is 1. The van der Waals surface area contributed by atoms with E-state index in [2.05, 4.69) is 11.9 Å². The Bertz CT molecular complexity index is 712. The molecule has 0 bridgehead atoms. The highest BCUT2D eigenvalue weighted by molar-refractivity contribution is 5.93. The van der Waals surface area contributed by atoms with Crippen molar-refractivity contribution in [2.24, 2.45) is 0 Å². The molecule has 0 fully saturated rings. The van der Waals surface area contributed by atoms with Gasteiger partial charge in [-0.3, -0.25) is 4.79 Å². The Hall–Kier alpha value is -2.95. The summed E-state index contributed by atoms with van der Waals surface area (Å²) >= 11 is 0. The molecule has 0 atom stereocenters. The SMILES string of the molecule is C=CCOc1ccccc1NC(=O)COc1ccc(C)cc1OC. The fraction of sp³-hybridized carbons (Fsp3) is 0.211. The van der Waals surface area contributed by atoms with Crippen LogP contribution in [0.1, 0.15) is 5.56 Å². The highest BCUT2D eigenvalue weighted by atomic mass is 16.5. The number of aryl methyl sites for hydroxylation is 1. The van der Waals surface area contributed by atoms with Crippen molar-refractivity contribution in [1.82, 2.24) is 0 Å². The van der Waals surface area contributed by atoms with Crippen LogP contribution in [0.15, 0.2) is 55.1 Å². The van der Waals surface area contributed by atoms with Crippen LogP contribution in [0.25, 0.3) is 0 Å². The summed E-state index contributed by atoms with van der Waals surface area (Å²) in [6, 6.07) is 12.7. The molecule has 0 saturated carbocycles. The van der Waals surface area contributed by atoms with E-state index in [1.54, 1.807) is 31.4 Å². The van der Waals surface area contributed by atoms with Crippen molar-refractivity contribution in [2.75, 3.05) is 25.6 Å². The molecule has 0 aliphatic rings. The number of methoxy groups -OCH3 is 1. The monoisotopic (exact) mass is 327 g/mol. The van der Waals surface area contributed by atoms with Crippen LogP contribution in [0.4, 0.5) is 5.69 Å². The molecule has 24 heavy (non-hydrogen) atoms. The molecule has 0 aliphatic carbocycles. The van der Waals surface area contributed by atoms with Gasteiger partial charge in [0.15, 0.2) is 18.1 Å². The van der Waals surface area contributed by atoms with Gasteiger partial charge in [0.25, 0.3) is 5.91 Å². The predicted octanol–water partition coefficient (Wildman–Crippen LogP) is 3.59. The lowest BCUT2D eigenvalue weighted by molar-refractivity contribution is -0.118. The maximum Gasteiger partial charge on any atom is 0.262 e. The lowest BCUT2D eigenvalue weighted by Crippen LogP contribution is -2.20. The molecule has 1 amide bonds. The van der Waals surface area contributed by atoms with Gasteiger partial charge in [0.1, 0.15) is 12.4 Å². The van der Waals surface area contributed by atoms with Gasteiger partial charge in [-0.1, -0.05) is 30.9 Å². The standard InChI is InChI=1S/C19H21NO4/c1-4-11-23-16-8-6-5-7-15(16)20-19(21)13-24-17-10-9-14(2)12-18(17)22-3/h4-10,12H,1,11,13H2,2-3H3,(H,20,21). The second-order valence-corrected chi connectivity index (χ2v) is 5.09. The molecule has 126 valence electrons. The van der Waals surface area contributed by atoms with Crippen molar-refractivity contribution in [1.29, 1.82) is 0 Å². The molecule has 0 unspecified atom stereocenters. The van der Waals surface area contributed by atoms with Gasteiger partial charge in [0, 0.05) is 0 Å². The van der Waals surface area contributed by atoms with E-state index in [9.17, 15) is 4.79 Å². The average Bonchev–Trinajstić information content (AvgIpc) is 2.59. The van der Waals surface area contributed by atoms with E-state index in [1.165, 1.54) is 0 Å². The first kappa shape index (κ1) is 17.4. The minimum atomic E-state index is -0.285. The molecule has 5 heteroatoms. The Balaban J connectivity index is 1.98. The molecule has 0 aromatic heterocycles. The maximum absolute atomic E-state index is 12.1. The number of benzene rings is 2. The zero-order valence-electron chi connectivity index (χ0n) is 13.9. The van der Waals surface area contributed by atoms with Gasteiger partial charge in [0.05, 0.1) is 12.8 Å². The zero-order valence-corrected chi connectivity index (χ0v) is 13.9. The lowest BCUT2D eigenvalue weighted by atomic mass is 10.2. The molecule has 2 aromatic carbocycles. The third-order valence-electron chi connectivity index (χ3n) is 3.20. The summed E-state index contributed by atoms with van der Waals surface area (Å²) < 4.78 is 16.3. The molecule has 0 heterocycles. The number of rotatable bonds is 8. The normalized spacial score (nSPS) is 9.92. The van der Waals surface area contributed by atoms with Crippen molar-refractivity contribution < 1.29 is 19.0 Å². The first-order chi connectivity index (χ1) is 11.6. The van der Waals surface area contributed by atoms with Crippen LogP contribution in [-0.2, 0) is 4.79 Å². The number of ether oxygens (including phenoxy) is 3. The van der Waals surface area contributed by atoms with Crippen molar-refractivity contribution in [3.63, 3.8) is 0 Å². The summed E-state index contributed by atoms with van der Waals surface area (Å²) in [6.07, 6.45) is 1.64. The van der Waals surface area contributed by atoms with E-state index in [4.69, 9.17) is 14.2 Å². The van der Waals surface area contributed by atoms with Crippen LogP contribution in [0.5, 0.6) is 17.2 Å². The Labute approximate surface area is 141 Å². The van der Waals surface area contributed by atoms with Crippen LogP contribution in [0.3, 0.4) is 0 Å². The van der Waals surface area contributed by atoms with Crippen molar-refractivity contribution >= 4 is 11.6 Å². The Morgan fingerprint density at radius 1 is 1.12 bits per heavy atom. The largest absolute Gasteiger partial charge is 0.493 e. The van der Waals surface area contributed by atoms with E-state index < -0.39 is 0 Å². The van der Waals surface area contributed by atoms with Gasteiger partial charge >= 0.3 is 0 Å². The fourth-order valence-corrected chi connectivity index (χ4v) is 2.07. The molecule has 2 aromatic rings. The summed E-state index contributed by atoms with van der Waals surface area (Å²) in [5.41, 5.74) is 1.64. The van der Waals surface area contributed by atoms with Crippen LogP contribution < -0.4 is 19.5 Å². The topological polar surface area (TPSA) is 56.8 Å². The van der Waals surface area contributed by atoms with Crippen molar-refractivity contribution in [3.8, 4) is 17.2 Å². The number of hydrogen-bond donors (Lipinski definition) is 1. The van der Waals surface area contributed by atoms with Crippen molar-refractivity contribution in [2.45, 2.75) is 6.92 Å². The molecule has 0 spiro atoms. The Morgan fingerprint density at radius 2 is 1.92 bits per heavy atom. The number of carbonyl (C=O) groups excluding carboxylic acids is 1. The summed E-state index contributed by atoms with van der Waals surface area (Å²) in [4.78, 5) is 12.1. The summed E-state index contributed by atoms with van der Waals surface area (Å²) in [6.45, 7) is 5.80. The lowest BCUT2D eigenvalue weighted by Gasteiger charge is -2.13. The Kier molecular flexibility index (Phi) is 6.25. The van der Waals surface area contributed by atoms with Gasteiger partial charge in [-0.05, 0) is 36.8 Å². The number of para-hydroxylation sites is 2. The van der Waals surface area contributed by atoms with Gasteiger partial charge in [-0.15, -0.1) is 0 Å². The highest BCUT2D eigenvalue weighted by Gasteiger charge is 2.10. The third-order valence-corrected chi connectivity index (χ3v) is 3.20. The minimum Gasteiger partial charge on any atom is -0.493 e. The second-order valence-electron chi connectivity index (χ2n) is 5.09. The maximum atomic E-state index is 12.1. The van der Waals surface area contributed by atoms with Gasteiger partial charge in [0.2, 0.25) is 0 Å². The molecular formula is C19H21NO4. The van der Waals surface area contributed by atoms with E-state index in [0.29, 0.717) is 29.5 Å². The highest BCUT2D eigenvalue weighted by Crippen LogP contribution is 2.28. The summed E-state index contributed by atoms with van der Waals surface area (Å²) in [5, 5.41) is 2.77.